The van der Waals surface area contributed by atoms with E-state index in [-0.39, 0.29) is 24.4 Å². The molecule has 1 aromatic rings. The Balaban J connectivity index is 0.00000162. The van der Waals surface area contributed by atoms with Crippen LogP contribution in [0.2, 0.25) is 0 Å². The van der Waals surface area contributed by atoms with Crippen LogP contribution in [-0.2, 0) is 16.0 Å². The number of nitrogens with zero attached hydrogens (tertiary/aromatic N) is 1. The summed E-state index contributed by atoms with van der Waals surface area (Å²) >= 11 is 0. The molecule has 1 aromatic carbocycles. The Morgan fingerprint density at radius 3 is 2.50 bits per heavy atom. The first kappa shape index (κ1) is 15.0. The van der Waals surface area contributed by atoms with Gasteiger partial charge in [-0.15, -0.1) is 0 Å². The lowest BCUT2D eigenvalue weighted by Crippen LogP contribution is -3.00. The van der Waals surface area contributed by atoms with Gasteiger partial charge in [0, 0.05) is 19.5 Å². The minimum Gasteiger partial charge on any atom is -1.00 e. The Morgan fingerprint density at radius 1 is 1.28 bits per heavy atom. The SMILES string of the molecule is [Cl-].[NH3+]C(Cc1ccccc1)C(=O)N1CCOCC1. The maximum absolute atomic E-state index is 12.1. The van der Waals surface area contributed by atoms with Gasteiger partial charge in [0.2, 0.25) is 0 Å². The summed E-state index contributed by atoms with van der Waals surface area (Å²) in [5, 5.41) is 0. The molecular formula is C13H19ClN2O2. The molecule has 1 fully saturated rings. The van der Waals surface area contributed by atoms with Crippen molar-refractivity contribution in [2.45, 2.75) is 12.5 Å². The van der Waals surface area contributed by atoms with Gasteiger partial charge in [-0.25, -0.2) is 0 Å². The summed E-state index contributed by atoms with van der Waals surface area (Å²) in [5.41, 5.74) is 5.14. The van der Waals surface area contributed by atoms with Gasteiger partial charge in [-0.3, -0.25) is 4.79 Å². The fourth-order valence-corrected chi connectivity index (χ4v) is 2.03. The monoisotopic (exact) mass is 270 g/mol. The number of hydrogen-bond acceptors (Lipinski definition) is 2. The van der Waals surface area contributed by atoms with Gasteiger partial charge in [-0.05, 0) is 5.56 Å². The zero-order chi connectivity index (χ0) is 12.1. The van der Waals surface area contributed by atoms with Crippen molar-refractivity contribution in [3.63, 3.8) is 0 Å². The van der Waals surface area contributed by atoms with Crippen molar-refractivity contribution in [2.24, 2.45) is 0 Å². The number of morpholine rings is 1. The molecule has 0 radical (unpaired) electrons. The van der Waals surface area contributed by atoms with Crippen LogP contribution in [0.15, 0.2) is 30.3 Å². The second-order valence-corrected chi connectivity index (χ2v) is 4.32. The molecule has 1 saturated heterocycles. The van der Waals surface area contributed by atoms with Gasteiger partial charge in [0.05, 0.1) is 13.2 Å². The summed E-state index contributed by atoms with van der Waals surface area (Å²) in [7, 11) is 0. The number of carbonyl (C=O) groups is 1. The molecule has 1 aliphatic rings. The molecule has 1 unspecified atom stereocenters. The van der Waals surface area contributed by atoms with Gasteiger partial charge < -0.3 is 27.8 Å². The lowest BCUT2D eigenvalue weighted by atomic mass is 10.1. The summed E-state index contributed by atoms with van der Waals surface area (Å²) < 4.78 is 5.23. The number of halogens is 1. The molecule has 1 aliphatic heterocycles. The van der Waals surface area contributed by atoms with Gasteiger partial charge in [0.15, 0.2) is 6.04 Å². The first-order chi connectivity index (χ1) is 8.27. The molecule has 1 amide bonds. The molecule has 0 bridgehead atoms. The fourth-order valence-electron chi connectivity index (χ4n) is 2.03. The molecule has 0 aliphatic carbocycles. The van der Waals surface area contributed by atoms with Crippen LogP contribution in [0.1, 0.15) is 5.56 Å². The van der Waals surface area contributed by atoms with Crippen molar-refractivity contribution < 1.29 is 27.7 Å². The largest absolute Gasteiger partial charge is 1.00 e. The molecule has 3 N–H and O–H groups in total. The van der Waals surface area contributed by atoms with Gasteiger partial charge >= 0.3 is 0 Å². The van der Waals surface area contributed by atoms with E-state index in [4.69, 9.17) is 4.74 Å². The first-order valence-corrected chi connectivity index (χ1v) is 6.01. The summed E-state index contributed by atoms with van der Waals surface area (Å²) in [4.78, 5) is 14.0. The van der Waals surface area contributed by atoms with Gasteiger partial charge in [0.1, 0.15) is 0 Å². The van der Waals surface area contributed by atoms with Crippen LogP contribution in [0.4, 0.5) is 0 Å². The second-order valence-electron chi connectivity index (χ2n) is 4.32. The van der Waals surface area contributed by atoms with E-state index in [1.807, 2.05) is 35.2 Å². The number of carbonyl (C=O) groups excluding carboxylic acids is 1. The molecule has 100 valence electrons. The first-order valence-electron chi connectivity index (χ1n) is 6.01. The predicted octanol–water partition coefficient (Wildman–Crippen LogP) is -3.30. The third-order valence-corrected chi connectivity index (χ3v) is 3.00. The molecule has 0 saturated carbocycles. The Labute approximate surface area is 114 Å². The zero-order valence-corrected chi connectivity index (χ0v) is 11.1. The molecule has 4 nitrogen and oxygen atoms in total. The number of quaternary nitrogens is 1. The van der Waals surface area contributed by atoms with Crippen LogP contribution in [0.25, 0.3) is 0 Å². The van der Waals surface area contributed by atoms with Crippen molar-refractivity contribution in [3.8, 4) is 0 Å². The molecule has 1 heterocycles. The molecular weight excluding hydrogens is 252 g/mol. The zero-order valence-electron chi connectivity index (χ0n) is 10.3. The normalized spacial score (nSPS) is 16.8. The number of ether oxygens (including phenoxy) is 1. The summed E-state index contributed by atoms with van der Waals surface area (Å²) in [6.45, 7) is 2.67. The van der Waals surface area contributed by atoms with Crippen LogP contribution >= 0.6 is 0 Å². The van der Waals surface area contributed by atoms with Crippen molar-refractivity contribution in [1.29, 1.82) is 0 Å². The summed E-state index contributed by atoms with van der Waals surface area (Å²) in [6, 6.07) is 9.82. The third-order valence-electron chi connectivity index (χ3n) is 3.00. The van der Waals surface area contributed by atoms with E-state index in [0.29, 0.717) is 32.7 Å². The number of hydrogen-bond donors (Lipinski definition) is 1. The van der Waals surface area contributed by atoms with Crippen molar-refractivity contribution >= 4 is 5.91 Å². The van der Waals surface area contributed by atoms with Gasteiger partial charge in [-0.2, -0.15) is 0 Å². The molecule has 1 atom stereocenters. The van der Waals surface area contributed by atoms with E-state index in [9.17, 15) is 4.79 Å². The average Bonchev–Trinajstić information content (AvgIpc) is 2.40. The highest BCUT2D eigenvalue weighted by atomic mass is 35.5. The lowest BCUT2D eigenvalue weighted by Gasteiger charge is -2.27. The van der Waals surface area contributed by atoms with E-state index in [0.717, 1.165) is 5.56 Å². The molecule has 5 heteroatoms. The Hall–Kier alpha value is -1.10. The Morgan fingerprint density at radius 2 is 1.89 bits per heavy atom. The number of rotatable bonds is 3. The predicted molar refractivity (Wildman–Crippen MR) is 64.2 cm³/mol. The fraction of sp³-hybridized carbons (Fsp3) is 0.462. The maximum Gasteiger partial charge on any atom is 0.281 e. The van der Waals surface area contributed by atoms with Crippen LogP contribution < -0.4 is 18.1 Å². The van der Waals surface area contributed by atoms with E-state index in [2.05, 4.69) is 5.73 Å². The van der Waals surface area contributed by atoms with Gasteiger partial charge in [-0.1, -0.05) is 30.3 Å². The highest BCUT2D eigenvalue weighted by Crippen LogP contribution is 2.05. The Kier molecular flexibility index (Phi) is 6.12. The van der Waals surface area contributed by atoms with Crippen molar-refractivity contribution in [3.05, 3.63) is 35.9 Å². The van der Waals surface area contributed by atoms with Crippen LogP contribution in [-0.4, -0.2) is 43.2 Å². The van der Waals surface area contributed by atoms with E-state index in [1.165, 1.54) is 0 Å². The molecule has 18 heavy (non-hydrogen) atoms. The number of benzene rings is 1. The Bertz CT molecular complexity index is 367. The van der Waals surface area contributed by atoms with E-state index >= 15 is 0 Å². The minimum absolute atomic E-state index is 0. The maximum atomic E-state index is 12.1. The smallest absolute Gasteiger partial charge is 0.281 e. The van der Waals surface area contributed by atoms with Crippen molar-refractivity contribution in [1.82, 2.24) is 4.90 Å². The van der Waals surface area contributed by atoms with Gasteiger partial charge in [0.25, 0.3) is 5.91 Å². The van der Waals surface area contributed by atoms with Crippen molar-refractivity contribution in [2.75, 3.05) is 26.3 Å². The van der Waals surface area contributed by atoms with Crippen LogP contribution in [0, 0.1) is 0 Å². The van der Waals surface area contributed by atoms with Crippen LogP contribution in [0.5, 0.6) is 0 Å². The number of amides is 1. The molecule has 2 rings (SSSR count). The summed E-state index contributed by atoms with van der Waals surface area (Å²) in [6.07, 6.45) is 0.705. The third kappa shape index (κ3) is 3.98. The average molecular weight is 271 g/mol. The minimum atomic E-state index is -0.199. The standard InChI is InChI=1S/C13H18N2O2.ClH/c14-12(10-11-4-2-1-3-5-11)13(16)15-6-8-17-9-7-15;/h1-5,12H,6-10,14H2;1H. The van der Waals surface area contributed by atoms with Crippen LogP contribution in [0.3, 0.4) is 0 Å². The summed E-state index contributed by atoms with van der Waals surface area (Å²) in [5.74, 6) is 0.136. The highest BCUT2D eigenvalue weighted by Gasteiger charge is 2.25. The quantitative estimate of drug-likeness (QED) is 0.626. The highest BCUT2D eigenvalue weighted by molar-refractivity contribution is 5.80. The molecule has 0 spiro atoms. The van der Waals surface area contributed by atoms with E-state index < -0.39 is 0 Å². The molecule has 0 aromatic heterocycles. The van der Waals surface area contributed by atoms with E-state index in [1.54, 1.807) is 0 Å². The lowest BCUT2D eigenvalue weighted by molar-refractivity contribution is -0.405. The topological polar surface area (TPSA) is 57.2 Å². The second kappa shape index (κ2) is 7.36.